The molecular weight excluding hydrogens is 234 g/mol. The molecule has 94 valence electrons. The van der Waals surface area contributed by atoms with Gasteiger partial charge in [-0.25, -0.2) is 0 Å². The molecule has 0 spiro atoms. The summed E-state index contributed by atoms with van der Waals surface area (Å²) in [5, 5.41) is 15.0. The number of rotatable bonds is 6. The summed E-state index contributed by atoms with van der Waals surface area (Å²) in [5.74, 6) is 1.26. The maximum Gasteiger partial charge on any atom is 0.170 e. The molecule has 0 atom stereocenters. The molecule has 17 heavy (non-hydrogen) atoms. The minimum Gasteiger partial charge on any atom is -0.409 e. The van der Waals surface area contributed by atoms with Crippen molar-refractivity contribution < 1.29 is 5.21 Å². The maximum atomic E-state index is 8.60. The third-order valence-corrected chi connectivity index (χ3v) is 3.16. The molecule has 0 saturated heterocycles. The molecule has 5 heteroatoms. The zero-order valence-electron chi connectivity index (χ0n) is 10.2. The fourth-order valence-corrected chi connectivity index (χ4v) is 1.86. The van der Waals surface area contributed by atoms with E-state index in [1.807, 2.05) is 36.9 Å². The van der Waals surface area contributed by atoms with Gasteiger partial charge in [-0.1, -0.05) is 17.3 Å². The van der Waals surface area contributed by atoms with Gasteiger partial charge in [0.15, 0.2) is 5.84 Å². The van der Waals surface area contributed by atoms with Crippen LogP contribution in [0.2, 0.25) is 0 Å². The van der Waals surface area contributed by atoms with Crippen molar-refractivity contribution in [1.82, 2.24) is 5.32 Å². The van der Waals surface area contributed by atoms with Crippen LogP contribution in [0, 0.1) is 6.92 Å². The highest BCUT2D eigenvalue weighted by Crippen LogP contribution is 2.11. The Labute approximate surface area is 106 Å². The fraction of sp³-hybridized carbons (Fsp3) is 0.417. The van der Waals surface area contributed by atoms with E-state index in [1.54, 1.807) is 0 Å². The highest BCUT2D eigenvalue weighted by Gasteiger charge is 2.03. The van der Waals surface area contributed by atoms with E-state index in [0.717, 1.165) is 30.0 Å². The minimum absolute atomic E-state index is 0.148. The van der Waals surface area contributed by atoms with Crippen molar-refractivity contribution in [2.75, 3.05) is 18.6 Å². The summed E-state index contributed by atoms with van der Waals surface area (Å²) in [7, 11) is 0. The Hall–Kier alpha value is -1.20. The highest BCUT2D eigenvalue weighted by molar-refractivity contribution is 7.98. The minimum atomic E-state index is 0.148. The second-order valence-electron chi connectivity index (χ2n) is 3.80. The largest absolute Gasteiger partial charge is 0.409 e. The summed E-state index contributed by atoms with van der Waals surface area (Å²) in [6.45, 7) is 3.88. The number of hydrogen-bond donors (Lipinski definition) is 3. The summed E-state index contributed by atoms with van der Waals surface area (Å²) in [6, 6.07) is 5.81. The molecule has 0 amide bonds. The molecule has 1 aromatic rings. The number of thioether (sulfide) groups is 1. The van der Waals surface area contributed by atoms with Gasteiger partial charge < -0.3 is 16.3 Å². The monoisotopic (exact) mass is 253 g/mol. The summed E-state index contributed by atoms with van der Waals surface area (Å²) in [6.07, 6.45) is 2.10. The van der Waals surface area contributed by atoms with Crippen molar-refractivity contribution in [3.8, 4) is 0 Å². The van der Waals surface area contributed by atoms with Gasteiger partial charge >= 0.3 is 0 Å². The van der Waals surface area contributed by atoms with Crippen LogP contribution in [0.15, 0.2) is 23.4 Å². The number of nitrogens with two attached hydrogens (primary N) is 1. The van der Waals surface area contributed by atoms with Crippen LogP contribution in [0.25, 0.3) is 0 Å². The standard InChI is InChI=1S/C12H19N3OS/c1-9-7-10(12(13)15-16)3-4-11(9)8-14-5-6-17-2/h3-4,7,14,16H,5-6,8H2,1-2H3,(H2,13,15). The Kier molecular flexibility index (Phi) is 5.86. The quantitative estimate of drug-likeness (QED) is 0.236. The molecule has 0 aliphatic heterocycles. The highest BCUT2D eigenvalue weighted by atomic mass is 32.2. The van der Waals surface area contributed by atoms with Crippen LogP contribution in [0.5, 0.6) is 0 Å². The second kappa shape index (κ2) is 7.19. The number of aryl methyl sites for hydroxylation is 1. The smallest absolute Gasteiger partial charge is 0.170 e. The third kappa shape index (κ3) is 4.28. The van der Waals surface area contributed by atoms with Gasteiger partial charge in [0.05, 0.1) is 0 Å². The maximum absolute atomic E-state index is 8.60. The van der Waals surface area contributed by atoms with Crippen LogP contribution in [-0.4, -0.2) is 29.6 Å². The molecule has 0 unspecified atom stereocenters. The lowest BCUT2D eigenvalue weighted by Crippen LogP contribution is -2.18. The molecule has 4 N–H and O–H groups in total. The van der Waals surface area contributed by atoms with Crippen molar-refractivity contribution in [1.29, 1.82) is 0 Å². The number of hydrogen-bond acceptors (Lipinski definition) is 4. The summed E-state index contributed by atoms with van der Waals surface area (Å²) >= 11 is 1.83. The van der Waals surface area contributed by atoms with Crippen molar-refractivity contribution >= 4 is 17.6 Å². The van der Waals surface area contributed by atoms with Gasteiger partial charge in [-0.2, -0.15) is 11.8 Å². The SMILES string of the molecule is CSCCNCc1ccc(/C(N)=N/O)cc1C. The van der Waals surface area contributed by atoms with Gasteiger partial charge in [0, 0.05) is 24.4 Å². The van der Waals surface area contributed by atoms with Crippen LogP contribution in [0.4, 0.5) is 0 Å². The van der Waals surface area contributed by atoms with Crippen LogP contribution < -0.4 is 11.1 Å². The van der Waals surface area contributed by atoms with E-state index in [-0.39, 0.29) is 5.84 Å². The molecule has 1 aromatic carbocycles. The molecule has 4 nitrogen and oxygen atoms in total. The van der Waals surface area contributed by atoms with Gasteiger partial charge in [-0.05, 0) is 30.4 Å². The molecule has 0 saturated carbocycles. The van der Waals surface area contributed by atoms with E-state index in [1.165, 1.54) is 5.56 Å². The number of nitrogens with one attached hydrogen (secondary N) is 1. The molecule has 0 heterocycles. The first-order chi connectivity index (χ1) is 8.19. The van der Waals surface area contributed by atoms with Gasteiger partial charge in [0.1, 0.15) is 0 Å². The van der Waals surface area contributed by atoms with Gasteiger partial charge in [0.2, 0.25) is 0 Å². The predicted molar refractivity (Wildman–Crippen MR) is 73.8 cm³/mol. The molecule has 0 bridgehead atoms. The average Bonchev–Trinajstić information content (AvgIpc) is 2.35. The molecule has 0 fully saturated rings. The van der Waals surface area contributed by atoms with E-state index in [9.17, 15) is 0 Å². The van der Waals surface area contributed by atoms with Crippen LogP contribution in [0.1, 0.15) is 16.7 Å². The molecule has 0 radical (unpaired) electrons. The van der Waals surface area contributed by atoms with Gasteiger partial charge in [-0.15, -0.1) is 0 Å². The zero-order chi connectivity index (χ0) is 12.7. The lowest BCUT2D eigenvalue weighted by molar-refractivity contribution is 0.318. The lowest BCUT2D eigenvalue weighted by atomic mass is 10.0. The Morgan fingerprint density at radius 2 is 2.29 bits per heavy atom. The van der Waals surface area contributed by atoms with E-state index < -0.39 is 0 Å². The fourth-order valence-electron chi connectivity index (χ4n) is 1.51. The van der Waals surface area contributed by atoms with E-state index >= 15 is 0 Å². The van der Waals surface area contributed by atoms with Crippen LogP contribution in [-0.2, 0) is 6.54 Å². The van der Waals surface area contributed by atoms with E-state index in [4.69, 9.17) is 10.9 Å². The van der Waals surface area contributed by atoms with Crippen molar-refractivity contribution in [3.63, 3.8) is 0 Å². The summed E-state index contributed by atoms with van der Waals surface area (Å²) < 4.78 is 0. The normalized spacial score (nSPS) is 11.8. The molecule has 0 aliphatic carbocycles. The zero-order valence-corrected chi connectivity index (χ0v) is 11.0. The Balaban J connectivity index is 2.63. The molecular formula is C12H19N3OS. The van der Waals surface area contributed by atoms with Crippen molar-refractivity contribution in [3.05, 3.63) is 34.9 Å². The Bertz CT molecular complexity index is 393. The first-order valence-corrected chi connectivity index (χ1v) is 6.85. The first kappa shape index (κ1) is 13.9. The number of benzene rings is 1. The number of oxime groups is 1. The van der Waals surface area contributed by atoms with Crippen molar-refractivity contribution in [2.24, 2.45) is 10.9 Å². The topological polar surface area (TPSA) is 70.6 Å². The number of amidine groups is 1. The van der Waals surface area contributed by atoms with E-state index in [2.05, 4.69) is 16.7 Å². The summed E-state index contributed by atoms with van der Waals surface area (Å²) in [4.78, 5) is 0. The molecule has 0 aliphatic rings. The molecule has 1 rings (SSSR count). The van der Waals surface area contributed by atoms with E-state index in [0.29, 0.717) is 0 Å². The van der Waals surface area contributed by atoms with Crippen LogP contribution >= 0.6 is 11.8 Å². The molecule has 0 aromatic heterocycles. The average molecular weight is 253 g/mol. The van der Waals surface area contributed by atoms with Crippen LogP contribution in [0.3, 0.4) is 0 Å². The number of nitrogens with zero attached hydrogens (tertiary/aromatic N) is 1. The van der Waals surface area contributed by atoms with Crippen molar-refractivity contribution in [2.45, 2.75) is 13.5 Å². The predicted octanol–water partition coefficient (Wildman–Crippen LogP) is 1.54. The summed E-state index contributed by atoms with van der Waals surface area (Å²) in [5.41, 5.74) is 8.66. The third-order valence-electron chi connectivity index (χ3n) is 2.54. The van der Waals surface area contributed by atoms with Gasteiger partial charge in [0.25, 0.3) is 0 Å². The second-order valence-corrected chi connectivity index (χ2v) is 4.78. The Morgan fingerprint density at radius 3 is 2.88 bits per heavy atom. The lowest BCUT2D eigenvalue weighted by Gasteiger charge is -2.09. The first-order valence-electron chi connectivity index (χ1n) is 5.46. The van der Waals surface area contributed by atoms with Gasteiger partial charge in [-0.3, -0.25) is 0 Å². The Morgan fingerprint density at radius 1 is 1.53 bits per heavy atom.